The van der Waals surface area contributed by atoms with Crippen LogP contribution in [-0.2, 0) is 9.59 Å². The van der Waals surface area contributed by atoms with E-state index in [9.17, 15) is 14.4 Å². The van der Waals surface area contributed by atoms with Crippen LogP contribution in [0.2, 0.25) is 0 Å². The van der Waals surface area contributed by atoms with Gasteiger partial charge >= 0.3 is 6.03 Å². The fourth-order valence-corrected chi connectivity index (χ4v) is 3.30. The van der Waals surface area contributed by atoms with Gasteiger partial charge < -0.3 is 9.47 Å². The Balaban J connectivity index is 1.52. The molecule has 3 aromatic carbocycles. The highest BCUT2D eigenvalue weighted by atomic mass is 16.5. The number of benzene rings is 3. The Kier molecular flexibility index (Phi) is 6.50. The van der Waals surface area contributed by atoms with Gasteiger partial charge in [0.1, 0.15) is 30.3 Å². The molecule has 0 aliphatic carbocycles. The van der Waals surface area contributed by atoms with Crippen molar-refractivity contribution in [2.45, 2.75) is 6.92 Å². The third-order valence-corrected chi connectivity index (χ3v) is 4.97. The van der Waals surface area contributed by atoms with E-state index in [-0.39, 0.29) is 12.2 Å². The number of amides is 4. The van der Waals surface area contributed by atoms with E-state index in [0.29, 0.717) is 23.6 Å². The number of anilines is 1. The lowest BCUT2D eigenvalue weighted by Crippen LogP contribution is -2.54. The quantitative estimate of drug-likeness (QED) is 0.338. The standard InChI is InChI=1S/C26H22N2O5/c1-18-11-13-20(14-12-18)28-25(30)22(24(29)27-26(28)31)17-19-7-5-6-10-23(19)33-16-15-32-21-8-3-2-4-9-21/h2-14,17H,15-16H2,1H3,(H,27,29,31)/b22-17+. The van der Waals surface area contributed by atoms with Crippen molar-refractivity contribution >= 4 is 29.6 Å². The average Bonchev–Trinajstić information content (AvgIpc) is 2.82. The summed E-state index contributed by atoms with van der Waals surface area (Å²) < 4.78 is 11.5. The Hall–Kier alpha value is -4.39. The van der Waals surface area contributed by atoms with E-state index in [1.54, 1.807) is 48.5 Å². The Bertz CT molecular complexity index is 1200. The summed E-state index contributed by atoms with van der Waals surface area (Å²) in [5.41, 5.74) is 1.74. The first-order chi connectivity index (χ1) is 16.0. The number of urea groups is 1. The number of rotatable bonds is 7. The van der Waals surface area contributed by atoms with E-state index in [4.69, 9.17) is 9.47 Å². The maximum atomic E-state index is 13.1. The summed E-state index contributed by atoms with van der Waals surface area (Å²) in [6.07, 6.45) is 1.43. The summed E-state index contributed by atoms with van der Waals surface area (Å²) in [4.78, 5) is 38.9. The molecule has 166 valence electrons. The van der Waals surface area contributed by atoms with Gasteiger partial charge in [-0.25, -0.2) is 9.69 Å². The van der Waals surface area contributed by atoms with Crippen molar-refractivity contribution in [2.75, 3.05) is 18.1 Å². The van der Waals surface area contributed by atoms with Crippen LogP contribution in [0.5, 0.6) is 11.5 Å². The molecule has 0 saturated carbocycles. The first-order valence-corrected chi connectivity index (χ1v) is 10.4. The van der Waals surface area contributed by atoms with Gasteiger partial charge in [0.25, 0.3) is 11.8 Å². The molecule has 0 bridgehead atoms. The van der Waals surface area contributed by atoms with Gasteiger partial charge in [0.05, 0.1) is 5.69 Å². The molecule has 7 nitrogen and oxygen atoms in total. The molecule has 0 spiro atoms. The molecule has 1 saturated heterocycles. The monoisotopic (exact) mass is 442 g/mol. The van der Waals surface area contributed by atoms with Gasteiger partial charge in [-0.3, -0.25) is 14.9 Å². The average molecular weight is 442 g/mol. The van der Waals surface area contributed by atoms with E-state index in [0.717, 1.165) is 16.2 Å². The van der Waals surface area contributed by atoms with Crippen molar-refractivity contribution in [2.24, 2.45) is 0 Å². The minimum atomic E-state index is -0.784. The fourth-order valence-electron chi connectivity index (χ4n) is 3.30. The lowest BCUT2D eigenvalue weighted by Gasteiger charge is -2.26. The van der Waals surface area contributed by atoms with Crippen molar-refractivity contribution in [1.82, 2.24) is 5.32 Å². The van der Waals surface area contributed by atoms with E-state index < -0.39 is 17.8 Å². The van der Waals surface area contributed by atoms with Crippen LogP contribution in [0.4, 0.5) is 10.5 Å². The number of hydrogen-bond acceptors (Lipinski definition) is 5. The first kappa shape index (κ1) is 21.8. The molecule has 33 heavy (non-hydrogen) atoms. The zero-order valence-electron chi connectivity index (χ0n) is 18.0. The molecule has 1 fully saturated rings. The second-order valence-electron chi connectivity index (χ2n) is 7.34. The van der Waals surface area contributed by atoms with Gasteiger partial charge in [0.15, 0.2) is 0 Å². The van der Waals surface area contributed by atoms with E-state index in [1.807, 2.05) is 37.3 Å². The fraction of sp³-hybridized carbons (Fsp3) is 0.115. The predicted octanol–water partition coefficient (Wildman–Crippen LogP) is 4.12. The van der Waals surface area contributed by atoms with E-state index >= 15 is 0 Å². The molecule has 1 aliphatic rings. The highest BCUT2D eigenvalue weighted by Crippen LogP contribution is 2.25. The number of aryl methyl sites for hydroxylation is 1. The van der Waals surface area contributed by atoms with Crippen LogP contribution in [0.3, 0.4) is 0 Å². The first-order valence-electron chi connectivity index (χ1n) is 10.4. The number of hydrogen-bond donors (Lipinski definition) is 1. The van der Waals surface area contributed by atoms with Crippen molar-refractivity contribution in [3.63, 3.8) is 0 Å². The Labute approximate surface area is 191 Å². The molecule has 4 amide bonds. The maximum Gasteiger partial charge on any atom is 0.335 e. The number of imide groups is 2. The Morgan fingerprint density at radius 3 is 2.24 bits per heavy atom. The molecule has 0 atom stereocenters. The molecule has 1 heterocycles. The third-order valence-electron chi connectivity index (χ3n) is 4.97. The maximum absolute atomic E-state index is 13.1. The minimum absolute atomic E-state index is 0.160. The molecule has 0 unspecified atom stereocenters. The van der Waals surface area contributed by atoms with Gasteiger partial charge in [-0.1, -0.05) is 54.1 Å². The van der Waals surface area contributed by atoms with Crippen LogP contribution >= 0.6 is 0 Å². The number of nitrogens with one attached hydrogen (secondary N) is 1. The van der Waals surface area contributed by atoms with Crippen LogP contribution < -0.4 is 19.7 Å². The molecular formula is C26H22N2O5. The lowest BCUT2D eigenvalue weighted by atomic mass is 10.1. The number of ether oxygens (including phenoxy) is 2. The molecular weight excluding hydrogens is 420 g/mol. The molecule has 4 rings (SSSR count). The second kappa shape index (κ2) is 9.82. The Morgan fingerprint density at radius 2 is 1.48 bits per heavy atom. The summed E-state index contributed by atoms with van der Waals surface area (Å²) in [5, 5.41) is 2.23. The number of carbonyl (C=O) groups excluding carboxylic acids is 3. The van der Waals surface area contributed by atoms with E-state index in [1.165, 1.54) is 6.08 Å². The largest absolute Gasteiger partial charge is 0.490 e. The summed E-state index contributed by atoms with van der Waals surface area (Å²) in [6.45, 7) is 2.49. The SMILES string of the molecule is Cc1ccc(N2C(=O)NC(=O)/C(=C\c3ccccc3OCCOc3ccccc3)C2=O)cc1. The minimum Gasteiger partial charge on any atom is -0.490 e. The van der Waals surface area contributed by atoms with Crippen LogP contribution in [0.15, 0.2) is 84.4 Å². The highest BCUT2D eigenvalue weighted by Gasteiger charge is 2.36. The van der Waals surface area contributed by atoms with Crippen LogP contribution in [-0.4, -0.2) is 31.1 Å². The summed E-state index contributed by atoms with van der Waals surface area (Å²) in [6, 6.07) is 22.5. The highest BCUT2D eigenvalue weighted by molar-refractivity contribution is 6.39. The Morgan fingerprint density at radius 1 is 0.818 bits per heavy atom. The summed E-state index contributed by atoms with van der Waals surface area (Å²) in [5.74, 6) is -0.228. The zero-order valence-corrected chi connectivity index (χ0v) is 18.0. The van der Waals surface area contributed by atoms with Crippen molar-refractivity contribution in [1.29, 1.82) is 0 Å². The van der Waals surface area contributed by atoms with Crippen molar-refractivity contribution < 1.29 is 23.9 Å². The van der Waals surface area contributed by atoms with E-state index in [2.05, 4.69) is 5.32 Å². The molecule has 0 radical (unpaired) electrons. The van der Waals surface area contributed by atoms with Crippen molar-refractivity contribution in [3.05, 3.63) is 95.6 Å². The van der Waals surface area contributed by atoms with Crippen molar-refractivity contribution in [3.8, 4) is 11.5 Å². The summed E-state index contributed by atoms with van der Waals surface area (Å²) in [7, 11) is 0. The second-order valence-corrected chi connectivity index (χ2v) is 7.34. The van der Waals surface area contributed by atoms with Gasteiger partial charge in [0, 0.05) is 5.56 Å². The summed E-state index contributed by atoms with van der Waals surface area (Å²) >= 11 is 0. The van der Waals surface area contributed by atoms with Gasteiger partial charge in [-0.05, 0) is 43.3 Å². The van der Waals surface area contributed by atoms with Crippen LogP contribution in [0.1, 0.15) is 11.1 Å². The molecule has 0 aromatic heterocycles. The topological polar surface area (TPSA) is 84.9 Å². The van der Waals surface area contributed by atoms with Gasteiger partial charge in [-0.15, -0.1) is 0 Å². The van der Waals surface area contributed by atoms with Gasteiger partial charge in [-0.2, -0.15) is 0 Å². The molecule has 1 aliphatic heterocycles. The number of nitrogens with zero attached hydrogens (tertiary/aromatic N) is 1. The smallest absolute Gasteiger partial charge is 0.335 e. The lowest BCUT2D eigenvalue weighted by molar-refractivity contribution is -0.122. The van der Waals surface area contributed by atoms with Crippen LogP contribution in [0, 0.1) is 6.92 Å². The third kappa shape index (κ3) is 5.10. The predicted molar refractivity (Wildman–Crippen MR) is 124 cm³/mol. The van der Waals surface area contributed by atoms with Gasteiger partial charge in [0.2, 0.25) is 0 Å². The normalized spacial score (nSPS) is 14.9. The van der Waals surface area contributed by atoms with Crippen LogP contribution in [0.25, 0.3) is 6.08 Å². The number of para-hydroxylation sites is 2. The number of barbiturate groups is 1. The molecule has 7 heteroatoms. The zero-order chi connectivity index (χ0) is 23.2. The molecule has 3 aromatic rings. The number of carbonyl (C=O) groups is 3. The molecule has 1 N–H and O–H groups in total.